The van der Waals surface area contributed by atoms with Crippen molar-refractivity contribution in [2.45, 2.75) is 0 Å². The Morgan fingerprint density at radius 2 is 0.889 bits per heavy atom. The molecule has 0 aliphatic carbocycles. The van der Waals surface area contributed by atoms with Gasteiger partial charge >= 0.3 is 0 Å². The SMILES string of the molecule is c1ccc2c(-c3c4ccccc4c(-c4ccc5c(c4)c4ccccc4c4c6ccccc6oc54)c4ccccc34)cccc2c1. The molecule has 0 radical (unpaired) electrons. The number of benzene rings is 9. The minimum Gasteiger partial charge on any atom is -0.455 e. The summed E-state index contributed by atoms with van der Waals surface area (Å²) in [4.78, 5) is 0. The van der Waals surface area contributed by atoms with Gasteiger partial charge in [0.05, 0.1) is 0 Å². The molecule has 0 saturated heterocycles. The summed E-state index contributed by atoms with van der Waals surface area (Å²) in [6.45, 7) is 0. The van der Waals surface area contributed by atoms with E-state index in [9.17, 15) is 0 Å². The third-order valence-corrected chi connectivity index (χ3v) is 9.63. The molecule has 0 amide bonds. The van der Waals surface area contributed by atoms with E-state index < -0.39 is 0 Å². The summed E-state index contributed by atoms with van der Waals surface area (Å²) < 4.78 is 6.56. The van der Waals surface area contributed by atoms with Gasteiger partial charge in [-0.2, -0.15) is 0 Å². The minimum absolute atomic E-state index is 0.926. The summed E-state index contributed by atoms with van der Waals surface area (Å²) >= 11 is 0. The van der Waals surface area contributed by atoms with E-state index in [-0.39, 0.29) is 0 Å². The second-order valence-electron chi connectivity index (χ2n) is 12.0. The van der Waals surface area contributed by atoms with Crippen LogP contribution in [0.3, 0.4) is 0 Å². The van der Waals surface area contributed by atoms with E-state index in [2.05, 4.69) is 152 Å². The molecule has 0 atom stereocenters. The van der Waals surface area contributed by atoms with Gasteiger partial charge < -0.3 is 4.42 Å². The van der Waals surface area contributed by atoms with E-state index in [0.29, 0.717) is 0 Å². The highest BCUT2D eigenvalue weighted by molar-refractivity contribution is 6.31. The van der Waals surface area contributed by atoms with E-state index in [1.165, 1.54) is 76.1 Å². The largest absolute Gasteiger partial charge is 0.455 e. The molecule has 1 nitrogen and oxygen atoms in total. The first-order valence-corrected chi connectivity index (χ1v) is 15.5. The number of furan rings is 1. The molecule has 0 spiro atoms. The van der Waals surface area contributed by atoms with Crippen molar-refractivity contribution in [2.75, 3.05) is 0 Å². The molecule has 10 aromatic rings. The van der Waals surface area contributed by atoms with Crippen LogP contribution in [-0.2, 0) is 0 Å². The van der Waals surface area contributed by atoms with Crippen LogP contribution in [0.2, 0.25) is 0 Å². The zero-order chi connectivity index (χ0) is 29.5. The standard InChI is InChI=1S/C44H26O/c1-2-14-29-27(12-1)13-11-22-31(29)42-35-19-7-5-17-33(35)41(34-18-6-8-20-36(34)42)28-24-25-37-39(26-28)30-15-3-4-16-32(30)43-38-21-9-10-23-40(38)45-44(37)43/h1-26H. The van der Waals surface area contributed by atoms with Gasteiger partial charge in [0.15, 0.2) is 0 Å². The van der Waals surface area contributed by atoms with Crippen LogP contribution in [0.1, 0.15) is 0 Å². The third kappa shape index (κ3) is 3.44. The number of hydrogen-bond donors (Lipinski definition) is 0. The maximum Gasteiger partial charge on any atom is 0.143 e. The Labute approximate surface area is 259 Å². The van der Waals surface area contributed by atoms with Crippen molar-refractivity contribution in [1.82, 2.24) is 0 Å². The maximum atomic E-state index is 6.56. The molecule has 1 heterocycles. The lowest BCUT2D eigenvalue weighted by molar-refractivity contribution is 0.673. The minimum atomic E-state index is 0.926. The van der Waals surface area contributed by atoms with Crippen LogP contribution in [0, 0.1) is 0 Å². The summed E-state index contributed by atoms with van der Waals surface area (Å²) in [6.07, 6.45) is 0. The van der Waals surface area contributed by atoms with Crippen molar-refractivity contribution >= 4 is 75.8 Å². The Balaban J connectivity index is 1.34. The van der Waals surface area contributed by atoms with Crippen LogP contribution in [0.5, 0.6) is 0 Å². The average Bonchev–Trinajstić information content (AvgIpc) is 3.50. The highest BCUT2D eigenvalue weighted by Crippen LogP contribution is 2.47. The molecule has 9 aromatic carbocycles. The summed E-state index contributed by atoms with van der Waals surface area (Å²) in [7, 11) is 0. The van der Waals surface area contributed by atoms with E-state index in [1.54, 1.807) is 0 Å². The van der Waals surface area contributed by atoms with Gasteiger partial charge in [0.25, 0.3) is 0 Å². The molecule has 0 saturated carbocycles. The fourth-order valence-electron chi connectivity index (χ4n) is 7.73. The lowest BCUT2D eigenvalue weighted by Crippen LogP contribution is -1.92. The molecule has 45 heavy (non-hydrogen) atoms. The molecule has 0 bridgehead atoms. The number of para-hydroxylation sites is 1. The number of fused-ring (bicyclic) bond motifs is 11. The molecule has 1 aromatic heterocycles. The molecule has 0 unspecified atom stereocenters. The second-order valence-corrected chi connectivity index (χ2v) is 12.0. The first-order chi connectivity index (χ1) is 22.3. The molecule has 1 heteroatoms. The molecule has 10 rings (SSSR count). The van der Waals surface area contributed by atoms with Crippen molar-refractivity contribution in [3.05, 3.63) is 158 Å². The van der Waals surface area contributed by atoms with Crippen LogP contribution in [0.4, 0.5) is 0 Å². The van der Waals surface area contributed by atoms with Crippen LogP contribution in [0.15, 0.2) is 162 Å². The second kappa shape index (κ2) is 9.29. The van der Waals surface area contributed by atoms with Crippen LogP contribution in [0.25, 0.3) is 98.1 Å². The van der Waals surface area contributed by atoms with Gasteiger partial charge in [0.1, 0.15) is 11.2 Å². The van der Waals surface area contributed by atoms with Gasteiger partial charge in [0, 0.05) is 16.2 Å². The highest BCUT2D eigenvalue weighted by atomic mass is 16.3. The molecule has 0 aliphatic heterocycles. The highest BCUT2D eigenvalue weighted by Gasteiger charge is 2.20. The predicted octanol–water partition coefficient (Wildman–Crippen LogP) is 12.7. The topological polar surface area (TPSA) is 13.1 Å². The third-order valence-electron chi connectivity index (χ3n) is 9.63. The zero-order valence-corrected chi connectivity index (χ0v) is 24.4. The molecule has 0 aliphatic rings. The Bertz CT molecular complexity index is 2750. The molecule has 0 fully saturated rings. The quantitative estimate of drug-likeness (QED) is 0.149. The first kappa shape index (κ1) is 24.5. The van der Waals surface area contributed by atoms with Gasteiger partial charge in [-0.3, -0.25) is 0 Å². The van der Waals surface area contributed by atoms with Crippen molar-refractivity contribution in [2.24, 2.45) is 0 Å². The number of rotatable bonds is 2. The van der Waals surface area contributed by atoms with E-state index in [0.717, 1.165) is 21.9 Å². The molecular formula is C44H26O. The monoisotopic (exact) mass is 570 g/mol. The summed E-state index contributed by atoms with van der Waals surface area (Å²) in [6, 6.07) is 57.3. The Morgan fingerprint density at radius 3 is 1.62 bits per heavy atom. The lowest BCUT2D eigenvalue weighted by atomic mass is 9.84. The lowest BCUT2D eigenvalue weighted by Gasteiger charge is -2.19. The van der Waals surface area contributed by atoms with Gasteiger partial charge in [-0.05, 0) is 88.9 Å². The van der Waals surface area contributed by atoms with Crippen molar-refractivity contribution in [1.29, 1.82) is 0 Å². The summed E-state index contributed by atoms with van der Waals surface area (Å²) in [5.74, 6) is 0. The predicted molar refractivity (Wildman–Crippen MR) is 192 cm³/mol. The Kier molecular flexibility index (Phi) is 5.06. The van der Waals surface area contributed by atoms with Crippen LogP contribution < -0.4 is 0 Å². The van der Waals surface area contributed by atoms with Crippen molar-refractivity contribution in [3.63, 3.8) is 0 Å². The smallest absolute Gasteiger partial charge is 0.143 e. The van der Waals surface area contributed by atoms with Gasteiger partial charge in [-0.1, -0.05) is 140 Å². The fourth-order valence-corrected chi connectivity index (χ4v) is 7.73. The fraction of sp³-hybridized carbons (Fsp3) is 0. The Morgan fingerprint density at radius 1 is 0.333 bits per heavy atom. The molecule has 208 valence electrons. The van der Waals surface area contributed by atoms with Gasteiger partial charge in [0.2, 0.25) is 0 Å². The average molecular weight is 571 g/mol. The van der Waals surface area contributed by atoms with E-state index >= 15 is 0 Å². The van der Waals surface area contributed by atoms with Crippen molar-refractivity contribution < 1.29 is 4.42 Å². The first-order valence-electron chi connectivity index (χ1n) is 15.5. The van der Waals surface area contributed by atoms with E-state index in [4.69, 9.17) is 4.42 Å². The van der Waals surface area contributed by atoms with Gasteiger partial charge in [-0.25, -0.2) is 0 Å². The summed E-state index contributed by atoms with van der Waals surface area (Å²) in [5.41, 5.74) is 6.91. The normalized spacial score (nSPS) is 12.0. The van der Waals surface area contributed by atoms with Crippen LogP contribution >= 0.6 is 0 Å². The number of hydrogen-bond acceptors (Lipinski definition) is 1. The van der Waals surface area contributed by atoms with Gasteiger partial charge in [-0.15, -0.1) is 0 Å². The van der Waals surface area contributed by atoms with E-state index in [1.807, 2.05) is 6.07 Å². The molecule has 0 N–H and O–H groups in total. The molecular weight excluding hydrogens is 544 g/mol. The zero-order valence-electron chi connectivity index (χ0n) is 24.4. The Hall–Kier alpha value is -5.92. The summed E-state index contributed by atoms with van der Waals surface area (Å²) in [5, 5.41) is 14.7. The van der Waals surface area contributed by atoms with Crippen molar-refractivity contribution in [3.8, 4) is 22.3 Å². The van der Waals surface area contributed by atoms with Crippen LogP contribution in [-0.4, -0.2) is 0 Å². The maximum absolute atomic E-state index is 6.56.